The Bertz CT molecular complexity index is 431. The molecule has 0 atom stereocenters. The fourth-order valence-electron chi connectivity index (χ4n) is 1.43. The van der Waals surface area contributed by atoms with Gasteiger partial charge in [0.05, 0.1) is 0 Å². The van der Waals surface area contributed by atoms with Crippen molar-refractivity contribution in [3.63, 3.8) is 0 Å². The highest BCUT2D eigenvalue weighted by molar-refractivity contribution is 7.13. The number of thiophene rings is 1. The highest BCUT2D eigenvalue weighted by Crippen LogP contribution is 2.32. The maximum absolute atomic E-state index is 4.37. The molecule has 0 unspecified atom stereocenters. The van der Waals surface area contributed by atoms with Crippen molar-refractivity contribution in [2.24, 2.45) is 0 Å². The van der Waals surface area contributed by atoms with Crippen molar-refractivity contribution < 1.29 is 0 Å². The molecule has 2 rings (SSSR count). The summed E-state index contributed by atoms with van der Waals surface area (Å²) in [5.41, 5.74) is 2.15. The molecule has 0 saturated carbocycles. The smallest absolute Gasteiger partial charge is 0.103 e. The second-order valence-electron chi connectivity index (χ2n) is 3.43. The summed E-state index contributed by atoms with van der Waals surface area (Å²) in [7, 11) is 0. The number of hydrogen-bond acceptors (Lipinski definition) is 3. The number of rotatable bonds is 1. The van der Waals surface area contributed by atoms with Gasteiger partial charge in [-0.05, 0) is 12.8 Å². The molecule has 0 saturated heterocycles. The molecule has 0 aliphatic carbocycles. The van der Waals surface area contributed by atoms with Crippen LogP contribution in [0.1, 0.15) is 29.5 Å². The molecule has 0 spiro atoms. The summed E-state index contributed by atoms with van der Waals surface area (Å²) in [6.45, 7) is 6.49. The molecule has 0 aliphatic rings. The van der Waals surface area contributed by atoms with Gasteiger partial charge < -0.3 is 0 Å². The van der Waals surface area contributed by atoms with Gasteiger partial charge in [-0.2, -0.15) is 0 Å². The van der Waals surface area contributed by atoms with Crippen LogP contribution in [0.15, 0.2) is 12.4 Å². The quantitative estimate of drug-likeness (QED) is 0.693. The highest BCUT2D eigenvalue weighted by atomic mass is 32.1. The van der Waals surface area contributed by atoms with Crippen molar-refractivity contribution in [3.8, 4) is 0 Å². The number of hydrogen-bond donors (Lipinski definition) is 0. The van der Waals surface area contributed by atoms with E-state index < -0.39 is 0 Å². The first kappa shape index (κ1) is 8.63. The highest BCUT2D eigenvalue weighted by Gasteiger charge is 2.12. The predicted octanol–water partition coefficient (Wildman–Crippen LogP) is 3.12. The fraction of sp³-hybridized carbons (Fsp3) is 0.400. The van der Waals surface area contributed by atoms with Gasteiger partial charge in [0.25, 0.3) is 0 Å². The third kappa shape index (κ3) is 1.33. The first-order valence-corrected chi connectivity index (χ1v) is 5.22. The van der Waals surface area contributed by atoms with E-state index in [1.807, 2.05) is 11.3 Å². The van der Waals surface area contributed by atoms with Crippen molar-refractivity contribution >= 4 is 22.4 Å². The molecule has 0 N–H and O–H groups in total. The van der Waals surface area contributed by atoms with Crippen LogP contribution in [0, 0.1) is 6.92 Å². The van der Waals surface area contributed by atoms with Crippen molar-refractivity contribution in [3.05, 3.63) is 22.1 Å². The third-order valence-electron chi connectivity index (χ3n) is 2.05. The Hall–Kier alpha value is -0.960. The number of fused-ring (bicyclic) bond motifs is 1. The maximum Gasteiger partial charge on any atom is 0.103 e. The van der Waals surface area contributed by atoms with Crippen molar-refractivity contribution in [1.29, 1.82) is 0 Å². The van der Waals surface area contributed by atoms with Gasteiger partial charge in [-0.25, -0.2) is 0 Å². The van der Waals surface area contributed by atoms with E-state index in [1.54, 1.807) is 12.4 Å². The minimum atomic E-state index is 0.540. The molecule has 0 amide bonds. The lowest BCUT2D eigenvalue weighted by atomic mass is 10.1. The Morgan fingerprint density at radius 1 is 1.15 bits per heavy atom. The minimum absolute atomic E-state index is 0.540. The number of aryl methyl sites for hydroxylation is 1. The zero-order valence-corrected chi connectivity index (χ0v) is 8.85. The van der Waals surface area contributed by atoms with E-state index in [4.69, 9.17) is 0 Å². The molecule has 0 fully saturated rings. The first-order valence-electron chi connectivity index (χ1n) is 4.40. The summed E-state index contributed by atoms with van der Waals surface area (Å²) < 4.78 is 0. The monoisotopic (exact) mass is 192 g/mol. The van der Waals surface area contributed by atoms with Crippen molar-refractivity contribution in [2.45, 2.75) is 26.7 Å². The minimum Gasteiger partial charge on any atom is -0.252 e. The summed E-state index contributed by atoms with van der Waals surface area (Å²) in [6, 6.07) is 0. The third-order valence-corrected chi connectivity index (χ3v) is 3.44. The van der Waals surface area contributed by atoms with Gasteiger partial charge in [0.1, 0.15) is 11.0 Å². The van der Waals surface area contributed by atoms with Gasteiger partial charge in [-0.15, -0.1) is 11.3 Å². The second-order valence-corrected chi connectivity index (χ2v) is 4.69. The van der Waals surface area contributed by atoms with Crippen LogP contribution >= 0.6 is 11.3 Å². The van der Waals surface area contributed by atoms with E-state index in [1.165, 1.54) is 9.75 Å². The van der Waals surface area contributed by atoms with Crippen LogP contribution in [0.4, 0.5) is 0 Å². The second kappa shape index (κ2) is 3.07. The summed E-state index contributed by atoms with van der Waals surface area (Å²) in [6.07, 6.45) is 3.52. The van der Waals surface area contributed by atoms with E-state index in [0.29, 0.717) is 5.92 Å². The van der Waals surface area contributed by atoms with Crippen LogP contribution in [-0.4, -0.2) is 9.97 Å². The largest absolute Gasteiger partial charge is 0.252 e. The lowest BCUT2D eigenvalue weighted by Crippen LogP contribution is -1.85. The van der Waals surface area contributed by atoms with E-state index in [-0.39, 0.29) is 0 Å². The van der Waals surface area contributed by atoms with E-state index in [9.17, 15) is 0 Å². The van der Waals surface area contributed by atoms with Crippen LogP contribution in [-0.2, 0) is 0 Å². The zero-order chi connectivity index (χ0) is 9.42. The SMILES string of the molecule is Cc1sc(C(C)C)c2nccnc12. The molecular weight excluding hydrogens is 180 g/mol. The van der Waals surface area contributed by atoms with E-state index in [0.717, 1.165) is 11.0 Å². The van der Waals surface area contributed by atoms with Gasteiger partial charge in [-0.1, -0.05) is 13.8 Å². The van der Waals surface area contributed by atoms with Crippen LogP contribution in [0.5, 0.6) is 0 Å². The van der Waals surface area contributed by atoms with E-state index >= 15 is 0 Å². The zero-order valence-electron chi connectivity index (χ0n) is 8.03. The van der Waals surface area contributed by atoms with Gasteiger partial charge in [0.15, 0.2) is 0 Å². The van der Waals surface area contributed by atoms with Gasteiger partial charge >= 0.3 is 0 Å². The molecule has 0 bridgehead atoms. The molecule has 2 nitrogen and oxygen atoms in total. The van der Waals surface area contributed by atoms with Crippen molar-refractivity contribution in [1.82, 2.24) is 9.97 Å². The Kier molecular flexibility index (Phi) is 2.04. The molecule has 2 aromatic rings. The van der Waals surface area contributed by atoms with Gasteiger partial charge in [0.2, 0.25) is 0 Å². The van der Waals surface area contributed by atoms with Gasteiger partial charge in [-0.3, -0.25) is 9.97 Å². The average Bonchev–Trinajstić information content (AvgIpc) is 2.45. The number of aromatic nitrogens is 2. The Labute approximate surface area is 81.7 Å². The summed E-state index contributed by atoms with van der Waals surface area (Å²) in [4.78, 5) is 11.3. The molecule has 0 aliphatic heterocycles. The predicted molar refractivity (Wildman–Crippen MR) is 56.2 cm³/mol. The lowest BCUT2D eigenvalue weighted by Gasteiger charge is -1.99. The molecular formula is C10H12N2S. The molecule has 2 aromatic heterocycles. The van der Waals surface area contributed by atoms with E-state index in [2.05, 4.69) is 30.7 Å². The molecule has 2 heterocycles. The Morgan fingerprint density at radius 2 is 1.77 bits per heavy atom. The average molecular weight is 192 g/mol. The van der Waals surface area contributed by atoms with Crippen LogP contribution in [0.2, 0.25) is 0 Å². The number of nitrogens with zero attached hydrogens (tertiary/aromatic N) is 2. The maximum atomic E-state index is 4.37. The normalized spacial score (nSPS) is 11.4. The molecule has 13 heavy (non-hydrogen) atoms. The fourth-order valence-corrected chi connectivity index (χ4v) is 2.49. The summed E-state index contributed by atoms with van der Waals surface area (Å²) >= 11 is 1.81. The summed E-state index contributed by atoms with van der Waals surface area (Å²) in [5.74, 6) is 0.540. The van der Waals surface area contributed by atoms with Gasteiger partial charge in [0, 0.05) is 22.1 Å². The van der Waals surface area contributed by atoms with Crippen molar-refractivity contribution in [2.75, 3.05) is 0 Å². The standard InChI is InChI=1S/C10H12N2S/c1-6(2)10-9-8(7(3)13-10)11-4-5-12-9/h4-6H,1-3H3. The van der Waals surface area contributed by atoms with Crippen LogP contribution < -0.4 is 0 Å². The lowest BCUT2D eigenvalue weighted by molar-refractivity contribution is 0.894. The first-order chi connectivity index (χ1) is 6.20. The Balaban J connectivity index is 2.78. The summed E-state index contributed by atoms with van der Waals surface area (Å²) in [5, 5.41) is 0. The molecule has 0 radical (unpaired) electrons. The molecule has 68 valence electrons. The van der Waals surface area contributed by atoms with Crippen LogP contribution in [0.3, 0.4) is 0 Å². The Morgan fingerprint density at radius 3 is 2.38 bits per heavy atom. The molecule has 0 aromatic carbocycles. The molecule has 3 heteroatoms. The topological polar surface area (TPSA) is 25.8 Å². The van der Waals surface area contributed by atoms with Crippen LogP contribution in [0.25, 0.3) is 11.0 Å².